The second-order valence-electron chi connectivity index (χ2n) is 5.42. The van der Waals surface area contributed by atoms with Gasteiger partial charge in [0.15, 0.2) is 9.84 Å². The Labute approximate surface area is 114 Å². The first-order valence-corrected chi connectivity index (χ1v) is 8.44. The molecule has 1 fully saturated rings. The van der Waals surface area contributed by atoms with Crippen LogP contribution in [0, 0.1) is 5.41 Å². The summed E-state index contributed by atoms with van der Waals surface area (Å²) in [6, 6.07) is 7.92. The van der Waals surface area contributed by atoms with Gasteiger partial charge in [-0.25, -0.2) is 8.42 Å². The molecular formula is C14H21NO3S. The van der Waals surface area contributed by atoms with Gasteiger partial charge in [-0.2, -0.15) is 0 Å². The Morgan fingerprint density at radius 1 is 1.32 bits per heavy atom. The zero-order valence-electron chi connectivity index (χ0n) is 11.3. The fourth-order valence-corrected chi connectivity index (χ4v) is 5.10. The molecule has 0 saturated heterocycles. The standard InChI is InChI=1S/C14H21NO3S/c1-3-10-4-6-11(7-5-10)12-13(19(2,17)18)14(12,8-15)9-16/h4-7,12-13,16H,3,8-9,15H2,1-2H3/t12-,13-,14-/m0/s1. The first-order chi connectivity index (χ1) is 8.90. The maximum atomic E-state index is 11.9. The second kappa shape index (κ2) is 4.89. The summed E-state index contributed by atoms with van der Waals surface area (Å²) in [6.07, 6.45) is 2.17. The van der Waals surface area contributed by atoms with Crippen molar-refractivity contribution in [3.8, 4) is 0 Å². The molecule has 4 nitrogen and oxygen atoms in total. The Kier molecular flexibility index (Phi) is 3.73. The maximum Gasteiger partial charge on any atom is 0.151 e. The summed E-state index contributed by atoms with van der Waals surface area (Å²) < 4.78 is 23.7. The predicted molar refractivity (Wildman–Crippen MR) is 75.8 cm³/mol. The molecule has 106 valence electrons. The average Bonchev–Trinajstić information content (AvgIpc) is 3.09. The van der Waals surface area contributed by atoms with Crippen molar-refractivity contribution < 1.29 is 13.5 Å². The van der Waals surface area contributed by atoms with Crippen LogP contribution >= 0.6 is 0 Å². The van der Waals surface area contributed by atoms with Crippen molar-refractivity contribution >= 4 is 9.84 Å². The SMILES string of the molecule is CCc1ccc([C@H]2[C@H](S(C)(=O)=O)[C@@]2(CN)CO)cc1. The average molecular weight is 283 g/mol. The molecule has 1 aromatic carbocycles. The Balaban J connectivity index is 2.37. The highest BCUT2D eigenvalue weighted by Crippen LogP contribution is 2.61. The molecule has 0 radical (unpaired) electrons. The van der Waals surface area contributed by atoms with E-state index in [0.29, 0.717) is 0 Å². The quantitative estimate of drug-likeness (QED) is 0.833. The summed E-state index contributed by atoms with van der Waals surface area (Å²) >= 11 is 0. The third kappa shape index (κ3) is 2.30. The van der Waals surface area contributed by atoms with Crippen LogP contribution in [0.4, 0.5) is 0 Å². The summed E-state index contributed by atoms with van der Waals surface area (Å²) in [5, 5.41) is 9.01. The highest BCUT2D eigenvalue weighted by Gasteiger charge is 2.68. The van der Waals surface area contributed by atoms with Crippen molar-refractivity contribution in [3.05, 3.63) is 35.4 Å². The van der Waals surface area contributed by atoms with E-state index in [1.165, 1.54) is 11.8 Å². The molecule has 0 spiro atoms. The largest absolute Gasteiger partial charge is 0.396 e. The lowest BCUT2D eigenvalue weighted by Crippen LogP contribution is -2.27. The van der Waals surface area contributed by atoms with E-state index in [0.717, 1.165) is 12.0 Å². The van der Waals surface area contributed by atoms with E-state index < -0.39 is 20.5 Å². The second-order valence-corrected chi connectivity index (χ2v) is 7.59. The number of sulfone groups is 1. The van der Waals surface area contributed by atoms with Crippen LogP contribution in [-0.4, -0.2) is 38.2 Å². The molecule has 3 atom stereocenters. The van der Waals surface area contributed by atoms with Gasteiger partial charge in [-0.1, -0.05) is 31.2 Å². The highest BCUT2D eigenvalue weighted by atomic mass is 32.2. The van der Waals surface area contributed by atoms with Crippen molar-refractivity contribution in [2.45, 2.75) is 24.5 Å². The Hall–Kier alpha value is -0.910. The van der Waals surface area contributed by atoms with Gasteiger partial charge >= 0.3 is 0 Å². The maximum absolute atomic E-state index is 11.9. The van der Waals surface area contributed by atoms with Gasteiger partial charge in [-0.15, -0.1) is 0 Å². The van der Waals surface area contributed by atoms with E-state index in [4.69, 9.17) is 5.73 Å². The van der Waals surface area contributed by atoms with Gasteiger partial charge in [0.2, 0.25) is 0 Å². The molecule has 0 heterocycles. The molecule has 1 saturated carbocycles. The van der Waals surface area contributed by atoms with Gasteiger partial charge in [0.05, 0.1) is 11.9 Å². The topological polar surface area (TPSA) is 80.4 Å². The van der Waals surface area contributed by atoms with Gasteiger partial charge in [-0.05, 0) is 17.5 Å². The first-order valence-electron chi connectivity index (χ1n) is 6.49. The predicted octanol–water partition coefficient (Wildman–Crippen LogP) is 0.697. The van der Waals surface area contributed by atoms with Crippen LogP contribution in [0.25, 0.3) is 0 Å². The van der Waals surface area contributed by atoms with E-state index in [-0.39, 0.29) is 19.1 Å². The van der Waals surface area contributed by atoms with E-state index in [1.54, 1.807) is 0 Å². The minimum absolute atomic E-state index is 0.182. The smallest absolute Gasteiger partial charge is 0.151 e. The van der Waals surface area contributed by atoms with Crippen LogP contribution in [0.1, 0.15) is 24.0 Å². The van der Waals surface area contributed by atoms with Gasteiger partial charge < -0.3 is 10.8 Å². The van der Waals surface area contributed by atoms with Gasteiger partial charge in [-0.3, -0.25) is 0 Å². The molecular weight excluding hydrogens is 262 g/mol. The lowest BCUT2D eigenvalue weighted by molar-refractivity contribution is 0.212. The summed E-state index contributed by atoms with van der Waals surface area (Å²) in [5.74, 6) is -0.191. The van der Waals surface area contributed by atoms with Crippen LogP contribution in [0.2, 0.25) is 0 Å². The van der Waals surface area contributed by atoms with Crippen molar-refractivity contribution in [3.63, 3.8) is 0 Å². The van der Waals surface area contributed by atoms with Crippen LogP contribution in [0.3, 0.4) is 0 Å². The van der Waals surface area contributed by atoms with Crippen molar-refractivity contribution in [1.29, 1.82) is 0 Å². The van der Waals surface area contributed by atoms with Crippen LogP contribution < -0.4 is 5.73 Å². The molecule has 19 heavy (non-hydrogen) atoms. The number of hydrogen-bond acceptors (Lipinski definition) is 4. The lowest BCUT2D eigenvalue weighted by atomic mass is 9.99. The number of hydrogen-bond donors (Lipinski definition) is 2. The van der Waals surface area contributed by atoms with Gasteiger partial charge in [0, 0.05) is 24.1 Å². The molecule has 0 aliphatic heterocycles. The molecule has 1 aromatic rings. The molecule has 2 rings (SSSR count). The fourth-order valence-electron chi connectivity index (χ4n) is 3.09. The monoisotopic (exact) mass is 283 g/mol. The molecule has 5 heteroatoms. The molecule has 1 aliphatic rings. The van der Waals surface area contributed by atoms with Gasteiger partial charge in [0.1, 0.15) is 0 Å². The number of rotatable bonds is 5. The van der Waals surface area contributed by atoms with Crippen molar-refractivity contribution in [2.75, 3.05) is 19.4 Å². The van der Waals surface area contributed by atoms with E-state index in [2.05, 4.69) is 6.92 Å². The molecule has 3 N–H and O–H groups in total. The van der Waals surface area contributed by atoms with Crippen molar-refractivity contribution in [1.82, 2.24) is 0 Å². The summed E-state index contributed by atoms with van der Waals surface area (Å²) in [4.78, 5) is 0. The molecule has 1 aliphatic carbocycles. The summed E-state index contributed by atoms with van der Waals surface area (Å²) in [7, 11) is -3.21. The molecule has 0 amide bonds. The van der Waals surface area contributed by atoms with Gasteiger partial charge in [0.25, 0.3) is 0 Å². The van der Waals surface area contributed by atoms with Crippen LogP contribution in [-0.2, 0) is 16.3 Å². The van der Waals surface area contributed by atoms with E-state index in [1.807, 2.05) is 24.3 Å². The summed E-state index contributed by atoms with van der Waals surface area (Å²) in [6.45, 7) is 2.06. The van der Waals surface area contributed by atoms with Crippen LogP contribution in [0.15, 0.2) is 24.3 Å². The highest BCUT2D eigenvalue weighted by molar-refractivity contribution is 7.91. The Morgan fingerprint density at radius 3 is 2.21 bits per heavy atom. The number of aryl methyl sites for hydroxylation is 1. The van der Waals surface area contributed by atoms with Crippen molar-refractivity contribution in [2.24, 2.45) is 11.1 Å². The third-order valence-corrected chi connectivity index (χ3v) is 5.93. The molecule has 0 unspecified atom stereocenters. The Morgan fingerprint density at radius 2 is 1.89 bits per heavy atom. The third-order valence-electron chi connectivity index (χ3n) is 4.26. The summed E-state index contributed by atoms with van der Waals surface area (Å²) in [5.41, 5.74) is 7.18. The lowest BCUT2D eigenvalue weighted by Gasteiger charge is -2.11. The number of aliphatic hydroxyl groups is 1. The molecule has 0 bridgehead atoms. The minimum atomic E-state index is -3.21. The fraction of sp³-hybridized carbons (Fsp3) is 0.571. The normalized spacial score (nSPS) is 30.3. The zero-order chi connectivity index (χ0) is 14.3. The first kappa shape index (κ1) is 14.5. The minimum Gasteiger partial charge on any atom is -0.396 e. The molecule has 0 aromatic heterocycles. The Bertz CT molecular complexity index is 547. The van der Waals surface area contributed by atoms with Crippen LogP contribution in [0.5, 0.6) is 0 Å². The number of benzene rings is 1. The number of nitrogens with two attached hydrogens (primary N) is 1. The zero-order valence-corrected chi connectivity index (χ0v) is 12.2. The van der Waals surface area contributed by atoms with E-state index >= 15 is 0 Å². The number of aliphatic hydroxyl groups excluding tert-OH is 1. The van der Waals surface area contributed by atoms with E-state index in [9.17, 15) is 13.5 Å².